The molecule has 0 radical (unpaired) electrons. The highest BCUT2D eigenvalue weighted by atomic mass is 19.1. The molecule has 5 nitrogen and oxygen atoms in total. The minimum atomic E-state index is -0.201. The van der Waals surface area contributed by atoms with Crippen LogP contribution in [0.1, 0.15) is 17.4 Å². The maximum absolute atomic E-state index is 13.2. The summed E-state index contributed by atoms with van der Waals surface area (Å²) in [6.07, 6.45) is 3.56. The molecule has 1 fully saturated rings. The van der Waals surface area contributed by atoms with E-state index in [2.05, 4.69) is 20.2 Å². The Hall–Kier alpha value is -1.76. The van der Waals surface area contributed by atoms with Crippen molar-refractivity contribution in [2.75, 3.05) is 32.8 Å². The molecule has 1 aromatic carbocycles. The van der Waals surface area contributed by atoms with Crippen molar-refractivity contribution in [3.05, 3.63) is 53.9 Å². The van der Waals surface area contributed by atoms with Gasteiger partial charge in [0.15, 0.2) is 0 Å². The third-order valence-corrected chi connectivity index (χ3v) is 3.93. The highest BCUT2D eigenvalue weighted by molar-refractivity contribution is 5.20. The minimum absolute atomic E-state index is 0.201. The Morgan fingerprint density at radius 1 is 1.27 bits per heavy atom. The van der Waals surface area contributed by atoms with Crippen molar-refractivity contribution in [1.82, 2.24) is 20.2 Å². The van der Waals surface area contributed by atoms with Crippen LogP contribution in [0.15, 0.2) is 36.7 Å². The first-order chi connectivity index (χ1) is 10.8. The molecule has 2 heterocycles. The van der Waals surface area contributed by atoms with Gasteiger partial charge in [-0.1, -0.05) is 12.1 Å². The quantitative estimate of drug-likeness (QED) is 0.853. The second-order valence-corrected chi connectivity index (χ2v) is 5.38. The number of hydrogen-bond donors (Lipinski definition) is 2. The molecule has 1 aliphatic rings. The summed E-state index contributed by atoms with van der Waals surface area (Å²) in [5.41, 5.74) is 1.12. The monoisotopic (exact) mass is 304 g/mol. The molecule has 2 N–H and O–H groups in total. The van der Waals surface area contributed by atoms with Gasteiger partial charge in [0.1, 0.15) is 11.6 Å². The first kappa shape index (κ1) is 15.1. The molecule has 6 heteroatoms. The Labute approximate surface area is 129 Å². The van der Waals surface area contributed by atoms with Gasteiger partial charge in [-0.25, -0.2) is 9.37 Å². The van der Waals surface area contributed by atoms with Crippen molar-refractivity contribution in [3.8, 4) is 0 Å². The van der Waals surface area contributed by atoms with Crippen LogP contribution in [0.5, 0.6) is 0 Å². The molecule has 1 aromatic heterocycles. The van der Waals surface area contributed by atoms with Crippen LogP contribution in [0.3, 0.4) is 0 Å². The molecule has 0 bridgehead atoms. The van der Waals surface area contributed by atoms with E-state index in [1.807, 2.05) is 18.3 Å². The summed E-state index contributed by atoms with van der Waals surface area (Å²) in [5, 5.41) is 3.43. The molecule has 0 saturated carbocycles. The van der Waals surface area contributed by atoms with E-state index in [9.17, 15) is 4.39 Å². The third-order valence-electron chi connectivity index (χ3n) is 3.93. The summed E-state index contributed by atoms with van der Waals surface area (Å²) < 4.78 is 18.6. The fourth-order valence-electron chi connectivity index (χ4n) is 2.75. The molecular weight excluding hydrogens is 283 g/mol. The summed E-state index contributed by atoms with van der Waals surface area (Å²) in [4.78, 5) is 9.67. The minimum Gasteiger partial charge on any atom is -0.379 e. The number of nitrogens with one attached hydrogen (secondary N) is 2. The van der Waals surface area contributed by atoms with Gasteiger partial charge in [-0.3, -0.25) is 4.90 Å². The molecule has 118 valence electrons. The van der Waals surface area contributed by atoms with Crippen LogP contribution in [0.25, 0.3) is 0 Å². The van der Waals surface area contributed by atoms with Gasteiger partial charge in [-0.2, -0.15) is 0 Å². The molecule has 22 heavy (non-hydrogen) atoms. The van der Waals surface area contributed by atoms with E-state index in [0.29, 0.717) is 6.54 Å². The van der Waals surface area contributed by atoms with E-state index >= 15 is 0 Å². The summed E-state index contributed by atoms with van der Waals surface area (Å²) in [6, 6.07) is 6.98. The van der Waals surface area contributed by atoms with Gasteiger partial charge in [0, 0.05) is 38.1 Å². The first-order valence-electron chi connectivity index (χ1n) is 7.59. The number of rotatable bonds is 6. The van der Waals surface area contributed by atoms with E-state index in [1.165, 1.54) is 12.1 Å². The normalized spacial score (nSPS) is 17.5. The van der Waals surface area contributed by atoms with E-state index in [-0.39, 0.29) is 11.9 Å². The number of benzene rings is 1. The fourth-order valence-corrected chi connectivity index (χ4v) is 2.75. The lowest BCUT2D eigenvalue weighted by Crippen LogP contribution is -2.42. The van der Waals surface area contributed by atoms with Crippen molar-refractivity contribution in [2.24, 2.45) is 0 Å². The van der Waals surface area contributed by atoms with Gasteiger partial charge < -0.3 is 15.0 Å². The molecule has 2 aromatic rings. The summed E-state index contributed by atoms with van der Waals surface area (Å²) >= 11 is 0. The van der Waals surface area contributed by atoms with Gasteiger partial charge >= 0.3 is 0 Å². The zero-order chi connectivity index (χ0) is 15.2. The van der Waals surface area contributed by atoms with Crippen molar-refractivity contribution in [2.45, 2.75) is 12.6 Å². The number of imidazole rings is 1. The van der Waals surface area contributed by atoms with Gasteiger partial charge in [0.05, 0.1) is 19.8 Å². The predicted octanol–water partition coefficient (Wildman–Crippen LogP) is 1.71. The fraction of sp³-hybridized carbons (Fsp3) is 0.438. The molecule has 1 aliphatic heterocycles. The third kappa shape index (κ3) is 3.91. The standard InChI is InChI=1S/C16H21FN4O/c17-14-3-1-13(2-4-14)15(21-7-9-22-10-8-21)11-18-12-16-19-5-6-20-16/h1-6,15,18H,7-12H2,(H,19,20). The zero-order valence-electron chi connectivity index (χ0n) is 12.5. The summed E-state index contributed by atoms with van der Waals surface area (Å²) in [6.45, 7) is 4.75. The number of halogens is 1. The Morgan fingerprint density at radius 3 is 2.73 bits per heavy atom. The molecule has 0 aliphatic carbocycles. The van der Waals surface area contributed by atoms with Gasteiger partial charge in [0.2, 0.25) is 0 Å². The SMILES string of the molecule is Fc1ccc(C(CNCc2ncc[nH]2)N2CCOCC2)cc1. The lowest BCUT2D eigenvalue weighted by molar-refractivity contribution is 0.0160. The van der Waals surface area contributed by atoms with E-state index in [1.54, 1.807) is 6.20 Å². The van der Waals surface area contributed by atoms with Crippen LogP contribution in [-0.4, -0.2) is 47.7 Å². The van der Waals surface area contributed by atoms with Crippen molar-refractivity contribution in [3.63, 3.8) is 0 Å². The van der Waals surface area contributed by atoms with Crippen molar-refractivity contribution in [1.29, 1.82) is 0 Å². The van der Waals surface area contributed by atoms with Gasteiger partial charge in [-0.15, -0.1) is 0 Å². The Kier molecular flexibility index (Phi) is 5.15. The van der Waals surface area contributed by atoms with Crippen molar-refractivity contribution < 1.29 is 9.13 Å². The number of aromatic amines is 1. The number of morpholine rings is 1. The molecule has 0 spiro atoms. The van der Waals surface area contributed by atoms with Crippen LogP contribution >= 0.6 is 0 Å². The largest absolute Gasteiger partial charge is 0.379 e. The predicted molar refractivity (Wildman–Crippen MR) is 81.8 cm³/mol. The van der Waals surface area contributed by atoms with Crippen molar-refractivity contribution >= 4 is 0 Å². The summed E-state index contributed by atoms with van der Waals surface area (Å²) in [7, 11) is 0. The van der Waals surface area contributed by atoms with Gasteiger partial charge in [0.25, 0.3) is 0 Å². The summed E-state index contributed by atoms with van der Waals surface area (Å²) in [5.74, 6) is 0.716. The number of aromatic nitrogens is 2. The van der Waals surface area contributed by atoms with Crippen LogP contribution in [0.4, 0.5) is 4.39 Å². The van der Waals surface area contributed by atoms with Crippen LogP contribution in [0, 0.1) is 5.82 Å². The Balaban J connectivity index is 1.66. The molecular formula is C16H21FN4O. The average molecular weight is 304 g/mol. The highest BCUT2D eigenvalue weighted by Gasteiger charge is 2.22. The van der Waals surface area contributed by atoms with Crippen LogP contribution in [0.2, 0.25) is 0 Å². The van der Waals surface area contributed by atoms with E-state index in [0.717, 1.165) is 44.2 Å². The smallest absolute Gasteiger partial charge is 0.123 e. The number of ether oxygens (including phenoxy) is 1. The maximum Gasteiger partial charge on any atom is 0.123 e. The van der Waals surface area contributed by atoms with Crippen LogP contribution < -0.4 is 5.32 Å². The van der Waals surface area contributed by atoms with E-state index in [4.69, 9.17) is 4.74 Å². The molecule has 0 amide bonds. The maximum atomic E-state index is 13.2. The lowest BCUT2D eigenvalue weighted by atomic mass is 10.0. The number of hydrogen-bond acceptors (Lipinski definition) is 4. The first-order valence-corrected chi connectivity index (χ1v) is 7.59. The van der Waals surface area contributed by atoms with E-state index < -0.39 is 0 Å². The number of H-pyrrole nitrogens is 1. The Morgan fingerprint density at radius 2 is 2.05 bits per heavy atom. The topological polar surface area (TPSA) is 53.2 Å². The second-order valence-electron chi connectivity index (χ2n) is 5.38. The Bertz CT molecular complexity index is 552. The lowest BCUT2D eigenvalue weighted by Gasteiger charge is -2.35. The zero-order valence-corrected chi connectivity index (χ0v) is 12.5. The molecule has 1 unspecified atom stereocenters. The highest BCUT2D eigenvalue weighted by Crippen LogP contribution is 2.21. The molecule has 1 saturated heterocycles. The van der Waals surface area contributed by atoms with Crippen LogP contribution in [-0.2, 0) is 11.3 Å². The van der Waals surface area contributed by atoms with Gasteiger partial charge in [-0.05, 0) is 17.7 Å². The average Bonchev–Trinajstić information content (AvgIpc) is 3.07. The second kappa shape index (κ2) is 7.49. The molecule has 1 atom stereocenters. The number of nitrogens with zero attached hydrogens (tertiary/aromatic N) is 2. The molecule has 3 rings (SSSR count).